The summed E-state index contributed by atoms with van der Waals surface area (Å²) in [7, 11) is 0. The Bertz CT molecular complexity index is 259. The first-order valence-electron chi connectivity index (χ1n) is 8.17. The second-order valence-corrected chi connectivity index (χ2v) is 6.99. The van der Waals surface area contributed by atoms with Crippen LogP contribution in [-0.2, 0) is 4.74 Å². The lowest BCUT2D eigenvalue weighted by Gasteiger charge is -2.34. The summed E-state index contributed by atoms with van der Waals surface area (Å²) in [5, 5.41) is 3.82. The van der Waals surface area contributed by atoms with Gasteiger partial charge in [-0.2, -0.15) is 0 Å². The molecule has 3 heteroatoms. The monoisotopic (exact) mass is 268 g/mol. The molecule has 2 rings (SSSR count). The first kappa shape index (κ1) is 15.3. The average Bonchev–Trinajstić information content (AvgIpc) is 2.59. The zero-order valence-electron chi connectivity index (χ0n) is 13.1. The van der Waals surface area contributed by atoms with Crippen molar-refractivity contribution in [1.82, 2.24) is 10.2 Å². The zero-order valence-corrected chi connectivity index (χ0v) is 13.1. The van der Waals surface area contributed by atoms with Crippen LogP contribution in [0.3, 0.4) is 0 Å². The van der Waals surface area contributed by atoms with Crippen molar-refractivity contribution in [1.29, 1.82) is 0 Å². The third-order valence-electron chi connectivity index (χ3n) is 4.89. The van der Waals surface area contributed by atoms with Gasteiger partial charge in [0.1, 0.15) is 0 Å². The van der Waals surface area contributed by atoms with E-state index in [-0.39, 0.29) is 0 Å². The second kappa shape index (κ2) is 7.05. The van der Waals surface area contributed by atoms with E-state index >= 15 is 0 Å². The van der Waals surface area contributed by atoms with Crippen LogP contribution in [0.2, 0.25) is 0 Å². The first-order chi connectivity index (χ1) is 9.13. The summed E-state index contributed by atoms with van der Waals surface area (Å²) in [6, 6.07) is 0.691. The molecule has 0 aromatic rings. The van der Waals surface area contributed by atoms with Crippen molar-refractivity contribution in [3.63, 3.8) is 0 Å². The van der Waals surface area contributed by atoms with Crippen molar-refractivity contribution in [3.8, 4) is 0 Å². The molecule has 0 amide bonds. The average molecular weight is 268 g/mol. The van der Waals surface area contributed by atoms with E-state index in [1.165, 1.54) is 38.8 Å². The van der Waals surface area contributed by atoms with E-state index < -0.39 is 0 Å². The quantitative estimate of drug-likeness (QED) is 0.829. The fourth-order valence-corrected chi connectivity index (χ4v) is 3.77. The van der Waals surface area contributed by atoms with Crippen LogP contribution in [0.15, 0.2) is 0 Å². The Kier molecular flexibility index (Phi) is 5.67. The van der Waals surface area contributed by atoms with E-state index in [1.54, 1.807) is 0 Å². The van der Waals surface area contributed by atoms with E-state index in [0.29, 0.717) is 11.5 Å². The molecular formula is C16H32N2O. The molecular weight excluding hydrogens is 236 g/mol. The Labute approximate surface area is 119 Å². The SMILES string of the molecule is CCCNC1C(CN2CCCOCC2)CCC1(C)C. The Morgan fingerprint density at radius 1 is 1.26 bits per heavy atom. The molecule has 0 aromatic carbocycles. The highest BCUT2D eigenvalue weighted by atomic mass is 16.5. The lowest BCUT2D eigenvalue weighted by Crippen LogP contribution is -2.46. The van der Waals surface area contributed by atoms with Gasteiger partial charge in [0.05, 0.1) is 6.61 Å². The number of ether oxygens (including phenoxy) is 1. The maximum absolute atomic E-state index is 5.56. The molecule has 0 aromatic heterocycles. The Balaban J connectivity index is 1.89. The second-order valence-electron chi connectivity index (χ2n) is 6.99. The molecule has 1 heterocycles. The lowest BCUT2D eigenvalue weighted by molar-refractivity contribution is 0.134. The van der Waals surface area contributed by atoms with Crippen LogP contribution >= 0.6 is 0 Å². The van der Waals surface area contributed by atoms with Crippen LogP contribution in [0.5, 0.6) is 0 Å². The van der Waals surface area contributed by atoms with Gasteiger partial charge in [-0.15, -0.1) is 0 Å². The molecule has 2 fully saturated rings. The number of hydrogen-bond donors (Lipinski definition) is 1. The molecule has 3 nitrogen and oxygen atoms in total. The molecule has 2 aliphatic rings. The summed E-state index contributed by atoms with van der Waals surface area (Å²) >= 11 is 0. The molecule has 1 saturated heterocycles. The molecule has 1 aliphatic heterocycles. The molecule has 2 unspecified atom stereocenters. The third kappa shape index (κ3) is 4.17. The maximum Gasteiger partial charge on any atom is 0.0593 e. The van der Waals surface area contributed by atoms with Gasteiger partial charge in [0.15, 0.2) is 0 Å². The molecule has 1 N–H and O–H groups in total. The van der Waals surface area contributed by atoms with Gasteiger partial charge < -0.3 is 15.0 Å². The number of nitrogens with zero attached hydrogens (tertiary/aromatic N) is 1. The van der Waals surface area contributed by atoms with Gasteiger partial charge in [-0.3, -0.25) is 0 Å². The van der Waals surface area contributed by atoms with Gasteiger partial charge in [0.2, 0.25) is 0 Å². The van der Waals surface area contributed by atoms with Crippen LogP contribution in [0.1, 0.15) is 46.5 Å². The van der Waals surface area contributed by atoms with E-state index in [2.05, 4.69) is 31.0 Å². The van der Waals surface area contributed by atoms with Crippen LogP contribution in [0.4, 0.5) is 0 Å². The fourth-order valence-electron chi connectivity index (χ4n) is 3.77. The van der Waals surface area contributed by atoms with Crippen molar-refractivity contribution in [2.45, 2.75) is 52.5 Å². The highest BCUT2D eigenvalue weighted by Gasteiger charge is 2.41. The molecule has 0 bridgehead atoms. The molecule has 0 radical (unpaired) electrons. The summed E-state index contributed by atoms with van der Waals surface area (Å²) in [5.74, 6) is 0.819. The number of rotatable bonds is 5. The maximum atomic E-state index is 5.56. The third-order valence-corrected chi connectivity index (χ3v) is 4.89. The van der Waals surface area contributed by atoms with Crippen LogP contribution < -0.4 is 5.32 Å². The smallest absolute Gasteiger partial charge is 0.0593 e. The minimum Gasteiger partial charge on any atom is -0.380 e. The van der Waals surface area contributed by atoms with Crippen LogP contribution in [0.25, 0.3) is 0 Å². The van der Waals surface area contributed by atoms with Crippen LogP contribution in [-0.4, -0.2) is 50.3 Å². The summed E-state index contributed by atoms with van der Waals surface area (Å²) in [6.45, 7) is 13.8. The molecule has 1 saturated carbocycles. The molecule has 1 aliphatic carbocycles. The van der Waals surface area contributed by atoms with E-state index in [4.69, 9.17) is 4.74 Å². The number of nitrogens with one attached hydrogen (secondary N) is 1. The highest BCUT2D eigenvalue weighted by molar-refractivity contribution is 4.97. The van der Waals surface area contributed by atoms with E-state index in [1.807, 2.05) is 0 Å². The normalized spacial score (nSPS) is 32.4. The summed E-state index contributed by atoms with van der Waals surface area (Å²) in [4.78, 5) is 2.62. The Morgan fingerprint density at radius 2 is 2.11 bits per heavy atom. The van der Waals surface area contributed by atoms with Gasteiger partial charge in [0.25, 0.3) is 0 Å². The van der Waals surface area contributed by atoms with Gasteiger partial charge >= 0.3 is 0 Å². The molecule has 0 spiro atoms. The standard InChI is InChI=1S/C16H32N2O/c1-4-8-17-15-14(6-7-16(15,2)3)13-18-9-5-11-19-12-10-18/h14-15,17H,4-13H2,1-3H3. The molecule has 19 heavy (non-hydrogen) atoms. The number of hydrogen-bond acceptors (Lipinski definition) is 3. The van der Waals surface area contributed by atoms with Crippen molar-refractivity contribution in [2.75, 3.05) is 39.4 Å². The molecule has 2 atom stereocenters. The summed E-state index contributed by atoms with van der Waals surface area (Å²) < 4.78 is 5.56. The van der Waals surface area contributed by atoms with Crippen molar-refractivity contribution >= 4 is 0 Å². The minimum absolute atomic E-state index is 0.461. The van der Waals surface area contributed by atoms with E-state index in [0.717, 1.165) is 32.2 Å². The zero-order chi connectivity index (χ0) is 13.7. The first-order valence-corrected chi connectivity index (χ1v) is 8.17. The highest BCUT2D eigenvalue weighted by Crippen LogP contribution is 2.41. The Morgan fingerprint density at radius 3 is 2.89 bits per heavy atom. The van der Waals surface area contributed by atoms with Crippen molar-refractivity contribution < 1.29 is 4.74 Å². The topological polar surface area (TPSA) is 24.5 Å². The largest absolute Gasteiger partial charge is 0.380 e. The van der Waals surface area contributed by atoms with Crippen molar-refractivity contribution in [2.24, 2.45) is 11.3 Å². The molecule has 112 valence electrons. The predicted octanol–water partition coefficient (Wildman–Crippen LogP) is 2.51. The summed E-state index contributed by atoms with van der Waals surface area (Å²) in [6.07, 6.45) is 5.18. The van der Waals surface area contributed by atoms with Gasteiger partial charge in [-0.25, -0.2) is 0 Å². The Hall–Kier alpha value is -0.120. The van der Waals surface area contributed by atoms with E-state index in [9.17, 15) is 0 Å². The lowest BCUT2D eigenvalue weighted by atomic mass is 9.84. The van der Waals surface area contributed by atoms with Gasteiger partial charge in [0, 0.05) is 32.3 Å². The van der Waals surface area contributed by atoms with Gasteiger partial charge in [-0.1, -0.05) is 20.8 Å². The predicted molar refractivity (Wildman–Crippen MR) is 80.5 cm³/mol. The van der Waals surface area contributed by atoms with Crippen LogP contribution in [0, 0.1) is 11.3 Å². The van der Waals surface area contributed by atoms with Crippen molar-refractivity contribution in [3.05, 3.63) is 0 Å². The van der Waals surface area contributed by atoms with Gasteiger partial charge in [-0.05, 0) is 43.6 Å². The summed E-state index contributed by atoms with van der Waals surface area (Å²) in [5.41, 5.74) is 0.461. The fraction of sp³-hybridized carbons (Fsp3) is 1.00. The minimum atomic E-state index is 0.461.